The first-order chi connectivity index (χ1) is 13.0. The summed E-state index contributed by atoms with van der Waals surface area (Å²) in [5, 5.41) is 11.1. The highest BCUT2D eigenvalue weighted by Crippen LogP contribution is 2.34. The Morgan fingerprint density at radius 2 is 1.63 bits per heavy atom. The second-order valence-corrected chi connectivity index (χ2v) is 7.11. The van der Waals surface area contributed by atoms with Crippen molar-refractivity contribution in [3.8, 4) is 11.3 Å². The minimum Gasteiger partial charge on any atom is -0.385 e. The van der Waals surface area contributed by atoms with Crippen LogP contribution in [0.1, 0.15) is 18.4 Å². The molecule has 0 atom stereocenters. The molecule has 0 bridgehead atoms. The number of anilines is 1. The predicted octanol–water partition coefficient (Wildman–Crippen LogP) is 4.42. The van der Waals surface area contributed by atoms with Crippen molar-refractivity contribution in [2.24, 2.45) is 0 Å². The lowest BCUT2D eigenvalue weighted by atomic mass is 9.84. The molecule has 1 aliphatic heterocycles. The molecule has 1 aliphatic rings. The van der Waals surface area contributed by atoms with Crippen LogP contribution >= 0.6 is 11.6 Å². The normalized spacial score (nSPS) is 16.3. The molecule has 1 saturated heterocycles. The molecule has 0 spiro atoms. The van der Waals surface area contributed by atoms with E-state index in [2.05, 4.69) is 14.9 Å². The van der Waals surface area contributed by atoms with Crippen LogP contribution in [0.2, 0.25) is 5.28 Å². The molecule has 2 heterocycles. The van der Waals surface area contributed by atoms with E-state index in [9.17, 15) is 9.50 Å². The van der Waals surface area contributed by atoms with Gasteiger partial charge in [-0.15, -0.1) is 0 Å². The van der Waals surface area contributed by atoms with Gasteiger partial charge in [-0.05, 0) is 54.3 Å². The van der Waals surface area contributed by atoms with Gasteiger partial charge in [-0.1, -0.05) is 30.3 Å². The Bertz CT molecular complexity index is 926. The van der Waals surface area contributed by atoms with Gasteiger partial charge in [-0.2, -0.15) is 0 Å². The van der Waals surface area contributed by atoms with Crippen molar-refractivity contribution in [3.63, 3.8) is 0 Å². The average molecular weight is 384 g/mol. The number of aromatic nitrogens is 2. The van der Waals surface area contributed by atoms with Gasteiger partial charge >= 0.3 is 0 Å². The van der Waals surface area contributed by atoms with Crippen molar-refractivity contribution in [2.75, 3.05) is 18.0 Å². The lowest BCUT2D eigenvalue weighted by molar-refractivity contribution is 0.0116. The first-order valence-corrected chi connectivity index (χ1v) is 9.25. The molecule has 1 N–H and O–H groups in total. The SMILES string of the molecule is OC1(c2ccccc2)CCN(c2cc(-c3ccc(F)cc3)nc(Cl)n2)CC1. The van der Waals surface area contributed by atoms with Crippen LogP contribution in [0.4, 0.5) is 10.2 Å². The molecule has 27 heavy (non-hydrogen) atoms. The van der Waals surface area contributed by atoms with Crippen LogP contribution in [0.5, 0.6) is 0 Å². The van der Waals surface area contributed by atoms with Crippen molar-refractivity contribution < 1.29 is 9.50 Å². The summed E-state index contributed by atoms with van der Waals surface area (Å²) in [6.45, 7) is 1.31. The molecule has 6 heteroatoms. The number of halogens is 2. The molecule has 4 nitrogen and oxygen atoms in total. The van der Waals surface area contributed by atoms with Crippen LogP contribution in [-0.2, 0) is 5.60 Å². The minimum atomic E-state index is -0.825. The van der Waals surface area contributed by atoms with Gasteiger partial charge in [-0.3, -0.25) is 0 Å². The van der Waals surface area contributed by atoms with Crippen LogP contribution in [-0.4, -0.2) is 28.2 Å². The summed E-state index contributed by atoms with van der Waals surface area (Å²) in [5.74, 6) is 0.416. The van der Waals surface area contributed by atoms with Crippen molar-refractivity contribution in [1.29, 1.82) is 0 Å². The molecule has 0 saturated carbocycles. The van der Waals surface area contributed by atoms with Crippen LogP contribution in [0.15, 0.2) is 60.7 Å². The van der Waals surface area contributed by atoms with E-state index >= 15 is 0 Å². The summed E-state index contributed by atoms with van der Waals surface area (Å²) in [5.41, 5.74) is 1.54. The predicted molar refractivity (Wildman–Crippen MR) is 104 cm³/mol. The molecule has 1 fully saturated rings. The van der Waals surface area contributed by atoms with Gasteiger partial charge in [0.1, 0.15) is 11.6 Å². The molecular weight excluding hydrogens is 365 g/mol. The van der Waals surface area contributed by atoms with Crippen molar-refractivity contribution in [1.82, 2.24) is 9.97 Å². The zero-order valence-electron chi connectivity index (χ0n) is 14.6. The number of rotatable bonds is 3. The Hall–Kier alpha value is -2.50. The van der Waals surface area contributed by atoms with E-state index in [0.29, 0.717) is 37.4 Å². The molecule has 0 aliphatic carbocycles. The number of piperidine rings is 1. The van der Waals surface area contributed by atoms with E-state index < -0.39 is 5.60 Å². The van der Waals surface area contributed by atoms with E-state index in [-0.39, 0.29) is 11.1 Å². The van der Waals surface area contributed by atoms with Crippen LogP contribution < -0.4 is 4.90 Å². The molecule has 4 rings (SSSR count). The van der Waals surface area contributed by atoms with Gasteiger partial charge in [-0.25, -0.2) is 14.4 Å². The molecule has 0 radical (unpaired) electrons. The highest BCUT2D eigenvalue weighted by molar-refractivity contribution is 6.28. The Morgan fingerprint density at radius 1 is 0.963 bits per heavy atom. The lowest BCUT2D eigenvalue weighted by Gasteiger charge is -2.39. The Labute approximate surface area is 162 Å². The second-order valence-electron chi connectivity index (χ2n) is 6.77. The van der Waals surface area contributed by atoms with Crippen molar-refractivity contribution in [2.45, 2.75) is 18.4 Å². The number of nitrogens with zero attached hydrogens (tertiary/aromatic N) is 3. The Balaban J connectivity index is 1.56. The minimum absolute atomic E-state index is 0.149. The highest BCUT2D eigenvalue weighted by Gasteiger charge is 2.34. The number of hydrogen-bond acceptors (Lipinski definition) is 4. The van der Waals surface area contributed by atoms with Gasteiger partial charge in [0.25, 0.3) is 0 Å². The van der Waals surface area contributed by atoms with Crippen molar-refractivity contribution >= 4 is 17.4 Å². The van der Waals surface area contributed by atoms with Crippen LogP contribution in [0, 0.1) is 5.82 Å². The summed E-state index contributed by atoms with van der Waals surface area (Å²) >= 11 is 6.13. The molecule has 2 aromatic carbocycles. The zero-order valence-corrected chi connectivity index (χ0v) is 15.4. The second kappa shape index (κ2) is 7.25. The Kier molecular flexibility index (Phi) is 4.81. The monoisotopic (exact) mass is 383 g/mol. The number of benzene rings is 2. The zero-order chi connectivity index (χ0) is 18.9. The molecule has 0 amide bonds. The largest absolute Gasteiger partial charge is 0.385 e. The molecular formula is C21H19ClFN3O. The fourth-order valence-electron chi connectivity index (χ4n) is 3.48. The van der Waals surface area contributed by atoms with E-state index in [4.69, 9.17) is 11.6 Å². The molecule has 1 aromatic heterocycles. The third kappa shape index (κ3) is 3.80. The van der Waals surface area contributed by atoms with E-state index in [0.717, 1.165) is 11.1 Å². The van der Waals surface area contributed by atoms with Crippen LogP contribution in [0.25, 0.3) is 11.3 Å². The summed E-state index contributed by atoms with van der Waals surface area (Å²) in [7, 11) is 0. The summed E-state index contributed by atoms with van der Waals surface area (Å²) in [6, 6.07) is 17.7. The van der Waals surface area contributed by atoms with Gasteiger partial charge in [0.15, 0.2) is 0 Å². The summed E-state index contributed by atoms with van der Waals surface area (Å²) in [4.78, 5) is 10.7. The average Bonchev–Trinajstić information content (AvgIpc) is 2.69. The maximum absolute atomic E-state index is 13.2. The standard InChI is InChI=1S/C21H19ClFN3O/c22-20-24-18(15-6-8-17(23)9-7-15)14-19(25-20)26-12-10-21(27,11-13-26)16-4-2-1-3-5-16/h1-9,14,27H,10-13H2. The molecule has 3 aromatic rings. The van der Waals surface area contributed by atoms with Gasteiger partial charge in [0, 0.05) is 24.7 Å². The lowest BCUT2D eigenvalue weighted by Crippen LogP contribution is -2.43. The Morgan fingerprint density at radius 3 is 2.30 bits per heavy atom. The van der Waals surface area contributed by atoms with Gasteiger partial charge in [0.2, 0.25) is 5.28 Å². The maximum atomic E-state index is 13.2. The van der Waals surface area contributed by atoms with Gasteiger partial charge < -0.3 is 10.0 Å². The van der Waals surface area contributed by atoms with E-state index in [1.165, 1.54) is 12.1 Å². The number of hydrogen-bond donors (Lipinski definition) is 1. The van der Waals surface area contributed by atoms with Crippen LogP contribution in [0.3, 0.4) is 0 Å². The molecule has 138 valence electrons. The summed E-state index contributed by atoms with van der Waals surface area (Å²) < 4.78 is 13.2. The fraction of sp³-hybridized carbons (Fsp3) is 0.238. The number of aliphatic hydroxyl groups is 1. The summed E-state index contributed by atoms with van der Waals surface area (Å²) in [6.07, 6.45) is 1.20. The quantitative estimate of drug-likeness (QED) is 0.680. The third-order valence-electron chi connectivity index (χ3n) is 5.05. The van der Waals surface area contributed by atoms with Gasteiger partial charge in [0.05, 0.1) is 11.3 Å². The van der Waals surface area contributed by atoms with E-state index in [1.54, 1.807) is 12.1 Å². The third-order valence-corrected chi connectivity index (χ3v) is 5.22. The molecule has 0 unspecified atom stereocenters. The van der Waals surface area contributed by atoms with Crippen molar-refractivity contribution in [3.05, 3.63) is 77.3 Å². The first kappa shape index (κ1) is 17.9. The maximum Gasteiger partial charge on any atom is 0.224 e. The van der Waals surface area contributed by atoms with E-state index in [1.807, 2.05) is 36.4 Å². The first-order valence-electron chi connectivity index (χ1n) is 8.87. The topological polar surface area (TPSA) is 49.2 Å². The fourth-order valence-corrected chi connectivity index (χ4v) is 3.66. The smallest absolute Gasteiger partial charge is 0.224 e. The highest BCUT2D eigenvalue weighted by atomic mass is 35.5.